The van der Waals surface area contributed by atoms with E-state index in [0.717, 1.165) is 22.3 Å². The zero-order chi connectivity index (χ0) is 12.3. The van der Waals surface area contributed by atoms with Crippen LogP contribution in [-0.2, 0) is 4.79 Å². The van der Waals surface area contributed by atoms with Crippen LogP contribution >= 0.6 is 11.3 Å². The number of anilines is 1. The molecule has 0 spiro atoms. The minimum Gasteiger partial charge on any atom is -0.327 e. The topological polar surface area (TPSA) is 68.0 Å². The third-order valence-electron chi connectivity index (χ3n) is 2.59. The fourth-order valence-electron chi connectivity index (χ4n) is 1.53. The average Bonchev–Trinajstić information content (AvgIpc) is 2.75. The Hall–Kier alpha value is -1.46. The number of fused-ring (bicyclic) bond motifs is 1. The summed E-state index contributed by atoms with van der Waals surface area (Å²) in [5.74, 6) is -0.0387. The van der Waals surface area contributed by atoms with Crippen LogP contribution in [0.4, 0.5) is 5.69 Å². The van der Waals surface area contributed by atoms with Gasteiger partial charge in [0, 0.05) is 18.2 Å². The predicted octanol–water partition coefficient (Wildman–Crippen LogP) is 2.36. The van der Waals surface area contributed by atoms with Gasteiger partial charge in [-0.05, 0) is 24.6 Å². The molecule has 1 aromatic carbocycles. The van der Waals surface area contributed by atoms with Crippen LogP contribution < -0.4 is 11.1 Å². The predicted molar refractivity (Wildman–Crippen MR) is 71.1 cm³/mol. The molecule has 1 heterocycles. The molecule has 1 atom stereocenters. The summed E-state index contributed by atoms with van der Waals surface area (Å²) in [7, 11) is 0. The molecule has 0 fully saturated rings. The van der Waals surface area contributed by atoms with Crippen molar-refractivity contribution in [1.29, 1.82) is 0 Å². The number of nitrogens with zero attached hydrogens (tertiary/aromatic N) is 1. The van der Waals surface area contributed by atoms with E-state index in [9.17, 15) is 4.79 Å². The summed E-state index contributed by atoms with van der Waals surface area (Å²) < 4.78 is 1.07. The molecule has 0 aliphatic heterocycles. The molecule has 0 aliphatic rings. The highest BCUT2D eigenvalue weighted by atomic mass is 32.1. The van der Waals surface area contributed by atoms with Crippen LogP contribution in [0, 0.1) is 0 Å². The van der Waals surface area contributed by atoms with E-state index in [1.807, 2.05) is 25.1 Å². The van der Waals surface area contributed by atoms with Gasteiger partial charge < -0.3 is 11.1 Å². The Morgan fingerprint density at radius 3 is 3.18 bits per heavy atom. The third-order valence-corrected chi connectivity index (χ3v) is 3.38. The SMILES string of the molecule is CCC(N)CC(=O)Nc1ccc2ncsc2c1. The van der Waals surface area contributed by atoms with E-state index in [1.165, 1.54) is 0 Å². The van der Waals surface area contributed by atoms with Crippen LogP contribution in [0.1, 0.15) is 19.8 Å². The Morgan fingerprint density at radius 2 is 2.41 bits per heavy atom. The summed E-state index contributed by atoms with van der Waals surface area (Å²) in [5, 5.41) is 2.85. The van der Waals surface area contributed by atoms with Crippen LogP contribution in [0.2, 0.25) is 0 Å². The van der Waals surface area contributed by atoms with E-state index in [4.69, 9.17) is 5.73 Å². The van der Waals surface area contributed by atoms with E-state index in [1.54, 1.807) is 16.8 Å². The Bertz CT molecular complexity index is 523. The molecule has 0 aliphatic carbocycles. The number of nitrogens with two attached hydrogens (primary N) is 1. The van der Waals surface area contributed by atoms with Crippen molar-refractivity contribution in [2.75, 3.05) is 5.32 Å². The van der Waals surface area contributed by atoms with Gasteiger partial charge in [0.1, 0.15) is 0 Å². The highest BCUT2D eigenvalue weighted by Crippen LogP contribution is 2.21. The summed E-state index contributed by atoms with van der Waals surface area (Å²) in [6, 6.07) is 5.63. The van der Waals surface area contributed by atoms with Crippen LogP contribution in [0.5, 0.6) is 0 Å². The van der Waals surface area contributed by atoms with Crippen molar-refractivity contribution < 1.29 is 4.79 Å². The van der Waals surface area contributed by atoms with E-state index < -0.39 is 0 Å². The lowest BCUT2D eigenvalue weighted by Crippen LogP contribution is -2.26. The monoisotopic (exact) mass is 249 g/mol. The minimum atomic E-state index is -0.0675. The third kappa shape index (κ3) is 3.01. The highest BCUT2D eigenvalue weighted by Gasteiger charge is 2.08. The second-order valence-corrected chi connectivity index (χ2v) is 4.84. The Morgan fingerprint density at radius 1 is 1.59 bits per heavy atom. The molecular weight excluding hydrogens is 234 g/mol. The van der Waals surface area contributed by atoms with Gasteiger partial charge in [0.15, 0.2) is 0 Å². The first-order chi connectivity index (χ1) is 8.19. The van der Waals surface area contributed by atoms with Crippen molar-refractivity contribution in [2.45, 2.75) is 25.8 Å². The van der Waals surface area contributed by atoms with E-state index in [2.05, 4.69) is 10.3 Å². The van der Waals surface area contributed by atoms with Gasteiger partial charge in [0.2, 0.25) is 5.91 Å². The number of hydrogen-bond donors (Lipinski definition) is 2. The Labute approximate surface area is 104 Å². The lowest BCUT2D eigenvalue weighted by molar-refractivity contribution is -0.116. The Balaban J connectivity index is 2.05. The number of carbonyl (C=O) groups excluding carboxylic acids is 1. The maximum absolute atomic E-state index is 11.7. The molecule has 2 aromatic rings. The molecule has 0 saturated carbocycles. The van der Waals surface area contributed by atoms with Gasteiger partial charge in [0.25, 0.3) is 0 Å². The van der Waals surface area contributed by atoms with Crippen molar-refractivity contribution in [2.24, 2.45) is 5.73 Å². The fraction of sp³-hybridized carbons (Fsp3) is 0.333. The molecule has 0 bridgehead atoms. The number of aromatic nitrogens is 1. The molecule has 2 rings (SSSR count). The highest BCUT2D eigenvalue weighted by molar-refractivity contribution is 7.16. The first-order valence-corrected chi connectivity index (χ1v) is 6.45. The van der Waals surface area contributed by atoms with Crippen molar-refractivity contribution in [1.82, 2.24) is 4.98 Å². The lowest BCUT2D eigenvalue weighted by Gasteiger charge is -2.09. The summed E-state index contributed by atoms with van der Waals surface area (Å²) in [6.45, 7) is 1.97. The molecule has 90 valence electrons. The quantitative estimate of drug-likeness (QED) is 0.874. The smallest absolute Gasteiger partial charge is 0.225 e. The second-order valence-electron chi connectivity index (χ2n) is 3.96. The van der Waals surface area contributed by atoms with Crippen LogP contribution in [0.15, 0.2) is 23.7 Å². The van der Waals surface area contributed by atoms with Crippen molar-refractivity contribution in [3.63, 3.8) is 0 Å². The second kappa shape index (κ2) is 5.25. The number of amides is 1. The van der Waals surface area contributed by atoms with Crippen molar-refractivity contribution in [3.8, 4) is 0 Å². The number of hydrogen-bond acceptors (Lipinski definition) is 4. The maximum Gasteiger partial charge on any atom is 0.225 e. The van der Waals surface area contributed by atoms with Crippen molar-refractivity contribution in [3.05, 3.63) is 23.7 Å². The van der Waals surface area contributed by atoms with Gasteiger partial charge in [0.05, 0.1) is 15.7 Å². The van der Waals surface area contributed by atoms with Gasteiger partial charge in [-0.15, -0.1) is 11.3 Å². The normalized spacial score (nSPS) is 12.6. The van der Waals surface area contributed by atoms with E-state index >= 15 is 0 Å². The number of thiazole rings is 1. The Kier molecular flexibility index (Phi) is 3.71. The summed E-state index contributed by atoms with van der Waals surface area (Å²) in [4.78, 5) is 15.8. The number of benzene rings is 1. The number of rotatable bonds is 4. The molecule has 17 heavy (non-hydrogen) atoms. The molecule has 1 aromatic heterocycles. The van der Waals surface area contributed by atoms with E-state index in [0.29, 0.717) is 6.42 Å². The molecular formula is C12H15N3OS. The number of nitrogens with one attached hydrogen (secondary N) is 1. The summed E-state index contributed by atoms with van der Waals surface area (Å²) in [6.07, 6.45) is 1.17. The first-order valence-electron chi connectivity index (χ1n) is 5.57. The van der Waals surface area contributed by atoms with Gasteiger partial charge in [-0.1, -0.05) is 6.92 Å². The molecule has 0 saturated heterocycles. The lowest BCUT2D eigenvalue weighted by atomic mass is 10.1. The standard InChI is InChI=1S/C12H15N3OS/c1-2-8(13)5-12(16)15-9-3-4-10-11(6-9)17-7-14-10/h3-4,6-8H,2,5,13H2,1H3,(H,15,16). The molecule has 4 nitrogen and oxygen atoms in total. The van der Waals surface area contributed by atoms with E-state index in [-0.39, 0.29) is 11.9 Å². The number of carbonyl (C=O) groups is 1. The van der Waals surface area contributed by atoms with Crippen LogP contribution in [-0.4, -0.2) is 16.9 Å². The largest absolute Gasteiger partial charge is 0.327 e. The van der Waals surface area contributed by atoms with Gasteiger partial charge >= 0.3 is 0 Å². The molecule has 5 heteroatoms. The summed E-state index contributed by atoms with van der Waals surface area (Å²) in [5.41, 5.74) is 9.29. The average molecular weight is 249 g/mol. The zero-order valence-electron chi connectivity index (χ0n) is 9.64. The molecule has 1 amide bonds. The first kappa shape index (κ1) is 12.0. The summed E-state index contributed by atoms with van der Waals surface area (Å²) >= 11 is 1.56. The molecule has 1 unspecified atom stereocenters. The van der Waals surface area contributed by atoms with Gasteiger partial charge in [-0.25, -0.2) is 4.98 Å². The molecule has 3 N–H and O–H groups in total. The van der Waals surface area contributed by atoms with Crippen LogP contribution in [0.25, 0.3) is 10.2 Å². The minimum absolute atomic E-state index is 0.0387. The van der Waals surface area contributed by atoms with Crippen LogP contribution in [0.3, 0.4) is 0 Å². The zero-order valence-corrected chi connectivity index (χ0v) is 10.5. The van der Waals surface area contributed by atoms with Gasteiger partial charge in [-0.3, -0.25) is 4.79 Å². The van der Waals surface area contributed by atoms with Gasteiger partial charge in [-0.2, -0.15) is 0 Å². The molecule has 0 radical (unpaired) electrons. The van der Waals surface area contributed by atoms with Crippen molar-refractivity contribution >= 4 is 33.1 Å². The fourth-order valence-corrected chi connectivity index (χ4v) is 2.24. The maximum atomic E-state index is 11.7.